The van der Waals surface area contributed by atoms with Crippen LogP contribution in [0.15, 0.2) is 72.3 Å². The van der Waals surface area contributed by atoms with Crippen LogP contribution in [0.5, 0.6) is 11.5 Å². The maximum absolute atomic E-state index is 13.5. The summed E-state index contributed by atoms with van der Waals surface area (Å²) in [5.74, 6) is -0.437. The van der Waals surface area contributed by atoms with Crippen molar-refractivity contribution in [3.8, 4) is 11.5 Å². The first-order valence-corrected chi connectivity index (χ1v) is 12.1. The Balaban J connectivity index is 1.92. The molecule has 7 nitrogen and oxygen atoms in total. The lowest BCUT2D eigenvalue weighted by molar-refractivity contribution is -0.132. The van der Waals surface area contributed by atoms with Gasteiger partial charge in [0.2, 0.25) is 0 Å². The molecule has 1 fully saturated rings. The topological polar surface area (TPSA) is 79.3 Å². The Morgan fingerprint density at radius 2 is 1.68 bits per heavy atom. The van der Waals surface area contributed by atoms with Gasteiger partial charge in [0.25, 0.3) is 11.7 Å². The van der Waals surface area contributed by atoms with Crippen molar-refractivity contribution in [1.82, 2.24) is 0 Å². The second kappa shape index (κ2) is 10.4. The van der Waals surface area contributed by atoms with Crippen LogP contribution in [0.1, 0.15) is 36.6 Å². The number of carbonyl (C=O) groups excluding carboxylic acids is 2. The third-order valence-corrected chi connectivity index (χ3v) is 6.32. The van der Waals surface area contributed by atoms with Crippen LogP contribution in [0.25, 0.3) is 5.76 Å². The van der Waals surface area contributed by atoms with Crippen LogP contribution < -0.4 is 19.3 Å². The first-order valence-electron chi connectivity index (χ1n) is 12.1. The van der Waals surface area contributed by atoms with Gasteiger partial charge >= 0.3 is 0 Å². The molecule has 0 spiro atoms. The molecule has 1 aliphatic heterocycles. The minimum atomic E-state index is -0.845. The van der Waals surface area contributed by atoms with E-state index in [9.17, 15) is 14.7 Å². The molecule has 1 saturated heterocycles. The summed E-state index contributed by atoms with van der Waals surface area (Å²) in [7, 11) is 5.42. The Morgan fingerprint density at radius 3 is 2.27 bits per heavy atom. The molecule has 1 heterocycles. The SMILES string of the molecule is COc1ccc(/C(O)=C2\C(=O)C(=O)N(c3ccc(N(C)C)cc3)C2c2cccc(OC(C)C)c2)c(C)c1. The predicted octanol–water partition coefficient (Wildman–Crippen LogP) is 5.48. The first-order chi connectivity index (χ1) is 17.6. The maximum Gasteiger partial charge on any atom is 0.300 e. The van der Waals surface area contributed by atoms with E-state index >= 15 is 0 Å². The van der Waals surface area contributed by atoms with Crippen LogP contribution in [0, 0.1) is 6.92 Å². The number of aryl methyl sites for hydroxylation is 1. The number of amides is 1. The van der Waals surface area contributed by atoms with Crippen LogP contribution in [-0.2, 0) is 9.59 Å². The molecular formula is C30H32N2O5. The normalized spacial score (nSPS) is 16.8. The van der Waals surface area contributed by atoms with Gasteiger partial charge in [0, 0.05) is 31.0 Å². The molecule has 4 rings (SSSR count). The van der Waals surface area contributed by atoms with Crippen molar-refractivity contribution in [2.45, 2.75) is 32.9 Å². The van der Waals surface area contributed by atoms with Crippen molar-refractivity contribution in [3.05, 3.63) is 89.0 Å². The van der Waals surface area contributed by atoms with E-state index in [2.05, 4.69) is 0 Å². The molecule has 0 aliphatic carbocycles. The monoisotopic (exact) mass is 500 g/mol. The molecule has 7 heteroatoms. The Bertz CT molecular complexity index is 1360. The van der Waals surface area contributed by atoms with Crippen molar-refractivity contribution in [1.29, 1.82) is 0 Å². The second-order valence-electron chi connectivity index (χ2n) is 9.50. The van der Waals surface area contributed by atoms with E-state index < -0.39 is 17.7 Å². The number of benzene rings is 3. The van der Waals surface area contributed by atoms with Gasteiger partial charge in [0.15, 0.2) is 0 Å². The van der Waals surface area contributed by atoms with Crippen LogP contribution in [0.2, 0.25) is 0 Å². The number of Topliss-reactive ketones (excluding diaryl/α,β-unsaturated/α-hetero) is 1. The standard InChI is InChI=1S/C30H32N2O5/c1-18(2)37-24-9-7-8-20(17-24)27-26(28(33)25-15-14-23(36-6)16-19(25)3)29(34)30(35)32(27)22-12-10-21(11-13-22)31(4)5/h7-18,27,33H,1-6H3/b28-26+. The van der Waals surface area contributed by atoms with E-state index in [0.717, 1.165) is 5.69 Å². The molecule has 0 aromatic heterocycles. The van der Waals surface area contributed by atoms with Crippen LogP contribution in [0.3, 0.4) is 0 Å². The number of aliphatic hydroxyl groups is 1. The number of anilines is 2. The zero-order valence-electron chi connectivity index (χ0n) is 22.0. The van der Waals surface area contributed by atoms with E-state index in [0.29, 0.717) is 33.9 Å². The van der Waals surface area contributed by atoms with Crippen molar-refractivity contribution >= 4 is 28.8 Å². The largest absolute Gasteiger partial charge is 0.507 e. The van der Waals surface area contributed by atoms with E-state index in [-0.39, 0.29) is 17.4 Å². The summed E-state index contributed by atoms with van der Waals surface area (Å²) in [4.78, 5) is 30.4. The zero-order chi connectivity index (χ0) is 26.9. The number of carbonyl (C=O) groups is 2. The van der Waals surface area contributed by atoms with Gasteiger partial charge in [-0.3, -0.25) is 14.5 Å². The van der Waals surface area contributed by atoms with Gasteiger partial charge in [-0.05, 0) is 86.5 Å². The number of aliphatic hydroxyl groups excluding tert-OH is 1. The first kappa shape index (κ1) is 25.8. The molecule has 0 saturated carbocycles. The molecule has 0 bridgehead atoms. The van der Waals surface area contributed by atoms with E-state index in [4.69, 9.17) is 9.47 Å². The van der Waals surface area contributed by atoms with E-state index in [1.807, 2.05) is 76.2 Å². The summed E-state index contributed by atoms with van der Waals surface area (Å²) >= 11 is 0. The summed E-state index contributed by atoms with van der Waals surface area (Å²) in [6, 6.07) is 19.0. The fraction of sp³-hybridized carbons (Fsp3) is 0.267. The lowest BCUT2D eigenvalue weighted by Crippen LogP contribution is -2.29. The second-order valence-corrected chi connectivity index (χ2v) is 9.50. The van der Waals surface area contributed by atoms with Gasteiger partial charge in [0.05, 0.1) is 24.8 Å². The third-order valence-electron chi connectivity index (χ3n) is 6.32. The summed E-state index contributed by atoms with van der Waals surface area (Å²) in [6.07, 6.45) is -0.0536. The van der Waals surface area contributed by atoms with E-state index in [1.54, 1.807) is 37.4 Å². The van der Waals surface area contributed by atoms with E-state index in [1.165, 1.54) is 4.90 Å². The molecule has 1 N–H and O–H groups in total. The van der Waals surface area contributed by atoms with Gasteiger partial charge in [-0.1, -0.05) is 12.1 Å². The third kappa shape index (κ3) is 5.03. The summed E-state index contributed by atoms with van der Waals surface area (Å²) in [5, 5.41) is 11.5. The fourth-order valence-corrected chi connectivity index (χ4v) is 4.53. The number of hydrogen-bond donors (Lipinski definition) is 1. The van der Waals surface area contributed by atoms with Crippen molar-refractivity contribution in [3.63, 3.8) is 0 Å². The summed E-state index contributed by atoms with van der Waals surface area (Å²) in [5.41, 5.74) is 3.37. The molecule has 1 amide bonds. The van der Waals surface area contributed by atoms with Gasteiger partial charge in [0.1, 0.15) is 17.3 Å². The molecule has 1 unspecified atom stereocenters. The van der Waals surface area contributed by atoms with Gasteiger partial charge in [-0.25, -0.2) is 0 Å². The Hall–Kier alpha value is -4.26. The average molecular weight is 501 g/mol. The minimum absolute atomic E-state index is 0.0247. The van der Waals surface area contributed by atoms with Crippen molar-refractivity contribution < 1.29 is 24.2 Å². The molecule has 0 radical (unpaired) electrons. The van der Waals surface area contributed by atoms with Crippen molar-refractivity contribution in [2.75, 3.05) is 31.0 Å². The molecular weight excluding hydrogens is 468 g/mol. The highest BCUT2D eigenvalue weighted by Crippen LogP contribution is 2.43. The fourth-order valence-electron chi connectivity index (χ4n) is 4.53. The number of rotatable bonds is 7. The number of ether oxygens (including phenoxy) is 2. The van der Waals surface area contributed by atoms with Crippen LogP contribution in [-0.4, -0.2) is 44.1 Å². The Kier molecular flexibility index (Phi) is 7.25. The van der Waals surface area contributed by atoms with Gasteiger partial charge in [-0.2, -0.15) is 0 Å². The molecule has 37 heavy (non-hydrogen) atoms. The number of ketones is 1. The van der Waals surface area contributed by atoms with Gasteiger partial charge < -0.3 is 19.5 Å². The highest BCUT2D eigenvalue weighted by molar-refractivity contribution is 6.51. The highest BCUT2D eigenvalue weighted by Gasteiger charge is 2.47. The van der Waals surface area contributed by atoms with Crippen molar-refractivity contribution in [2.24, 2.45) is 0 Å². The zero-order valence-corrected chi connectivity index (χ0v) is 22.0. The number of nitrogens with zero attached hydrogens (tertiary/aromatic N) is 2. The molecule has 192 valence electrons. The average Bonchev–Trinajstić information content (AvgIpc) is 3.13. The molecule has 1 atom stereocenters. The Morgan fingerprint density at radius 1 is 0.973 bits per heavy atom. The van der Waals surface area contributed by atoms with Crippen LogP contribution >= 0.6 is 0 Å². The molecule has 3 aromatic rings. The number of hydrogen-bond acceptors (Lipinski definition) is 6. The Labute approximate surface area is 217 Å². The summed E-state index contributed by atoms with van der Waals surface area (Å²) in [6.45, 7) is 5.68. The lowest BCUT2D eigenvalue weighted by Gasteiger charge is -2.26. The maximum atomic E-state index is 13.5. The highest BCUT2D eigenvalue weighted by atomic mass is 16.5. The summed E-state index contributed by atoms with van der Waals surface area (Å²) < 4.78 is 11.2. The quantitative estimate of drug-likeness (QED) is 0.263. The molecule has 1 aliphatic rings. The smallest absolute Gasteiger partial charge is 0.300 e. The lowest BCUT2D eigenvalue weighted by atomic mass is 9.93. The van der Waals surface area contributed by atoms with Gasteiger partial charge in [-0.15, -0.1) is 0 Å². The van der Waals surface area contributed by atoms with Crippen LogP contribution in [0.4, 0.5) is 11.4 Å². The molecule has 3 aromatic carbocycles. The predicted molar refractivity (Wildman–Crippen MR) is 145 cm³/mol. The number of methoxy groups -OCH3 is 1. The minimum Gasteiger partial charge on any atom is -0.507 e.